The number of rotatable bonds is 7. The first kappa shape index (κ1) is 95.1. The number of nitroso groups, excluding NO2 is 1. The summed E-state index contributed by atoms with van der Waals surface area (Å²) in [6.45, 7) is 35.1. The van der Waals surface area contributed by atoms with Crippen LogP contribution in [0.2, 0.25) is 0 Å². The summed E-state index contributed by atoms with van der Waals surface area (Å²) < 4.78 is 10.5. The average molecular weight is 1050 g/mol. The molecule has 0 rings (SSSR count). The fourth-order valence-electron chi connectivity index (χ4n) is 1.52. The third kappa shape index (κ3) is 144. The van der Waals surface area contributed by atoms with Gasteiger partial charge in [0.2, 0.25) is 7.05 Å². The van der Waals surface area contributed by atoms with Crippen molar-refractivity contribution in [3.8, 4) is 0 Å². The molecule has 0 bridgehead atoms. The van der Waals surface area contributed by atoms with Crippen molar-refractivity contribution in [2.75, 3.05) is 141 Å². The number of hydrazone groups is 1. The van der Waals surface area contributed by atoms with Crippen LogP contribution < -0.4 is 21.7 Å². The maximum atomic E-state index is 10.0. The second kappa shape index (κ2) is 68.7. The van der Waals surface area contributed by atoms with Gasteiger partial charge in [-0.3, -0.25) is 20.0 Å². The molecule has 0 aliphatic heterocycles. The first-order valence-electron chi connectivity index (χ1n) is 22.3. The Morgan fingerprint density at radius 3 is 0.694 bits per heavy atom. The molecule has 72 heavy (non-hydrogen) atoms. The van der Waals surface area contributed by atoms with Crippen LogP contribution in [-0.4, -0.2) is 244 Å². The van der Waals surface area contributed by atoms with Crippen molar-refractivity contribution in [2.24, 2.45) is 15.3 Å². The van der Waals surface area contributed by atoms with E-state index >= 15 is 0 Å². The monoisotopic (exact) mass is 1050 g/mol. The predicted octanol–water partition coefficient (Wildman–Crippen LogP) is 4.89. The molecular formula is C45H115N20O7+5. The summed E-state index contributed by atoms with van der Waals surface area (Å²) in [5, 5.41) is 56.8. The molecule has 0 aromatic carbocycles. The molecule has 27 nitrogen and oxygen atoms in total. The number of nitrogens with one attached hydrogen (secondary N) is 4. The lowest BCUT2D eigenvalue weighted by atomic mass is 10.3. The molecule has 0 saturated carbocycles. The molecule has 0 saturated heterocycles. The number of hydrogen-bond donors (Lipinski definition) is 5. The van der Waals surface area contributed by atoms with E-state index < -0.39 is 4.92 Å². The highest BCUT2D eigenvalue weighted by Gasteiger charge is 1.93. The molecule has 0 atom stereocenters. The maximum Gasteiger partial charge on any atom is 0.215 e. The second-order valence-electron chi connectivity index (χ2n) is 15.6. The van der Waals surface area contributed by atoms with E-state index in [0.717, 1.165) is 32.7 Å². The number of hydrogen-bond acceptors (Lipinski definition) is 11. The summed E-state index contributed by atoms with van der Waals surface area (Å²) in [5.41, 5.74) is 21.4. The van der Waals surface area contributed by atoms with Crippen LogP contribution >= 0.6 is 0 Å². The predicted molar refractivity (Wildman–Crippen MR) is 301 cm³/mol. The van der Waals surface area contributed by atoms with Crippen LogP contribution in [0.5, 0.6) is 0 Å². The molecule has 0 aromatic heterocycles. The fraction of sp³-hybridized carbons (Fsp3) is 0.800. The van der Waals surface area contributed by atoms with Gasteiger partial charge in [-0.1, -0.05) is 62.4 Å². The normalized spacial score (nSPS) is 8.69. The number of nitrogens with zero attached hydrogens (tertiary/aromatic N) is 16. The molecule has 0 heterocycles. The number of hydrazine groups is 4. The summed E-state index contributed by atoms with van der Waals surface area (Å²) in [7, 11) is 33.5. The van der Waals surface area contributed by atoms with Gasteiger partial charge in [0, 0.05) is 83.8 Å². The molecule has 0 aliphatic carbocycles. The topological polar surface area (TPSA) is 282 Å². The van der Waals surface area contributed by atoms with Gasteiger partial charge in [0.1, 0.15) is 45.8 Å². The SMILES string of the molecule is C=[N+](C)O.CC(C)=[N+](C)[C-](C)C.CC(C)=[N+](C)[C-](C)C.CC(C)=[N+](C)[O-].CC(C)=[N+](C)[O-].CN=[N+](C)NC.CN=[N+](C)NC.CN=[N+](C)[O-].CN[N+](C)=C(C)C.CN[N+](C)=O.C[N+](=O)[O-].C[N-][N+](C)=C(C)C. The summed E-state index contributed by atoms with van der Waals surface area (Å²) in [6, 6.07) is 2.68. The Morgan fingerprint density at radius 1 is 0.486 bits per heavy atom. The Hall–Kier alpha value is -6.57. The highest BCUT2D eigenvalue weighted by molar-refractivity contribution is 5.75. The van der Waals surface area contributed by atoms with Crippen LogP contribution in [-0.2, 0) is 0 Å². The molecule has 0 fully saturated rings. The van der Waals surface area contributed by atoms with Crippen molar-refractivity contribution in [1.82, 2.24) is 21.7 Å². The van der Waals surface area contributed by atoms with Crippen molar-refractivity contribution in [1.29, 1.82) is 0 Å². The Morgan fingerprint density at radius 2 is 0.694 bits per heavy atom. The third-order valence-electron chi connectivity index (χ3n) is 7.74. The highest BCUT2D eigenvalue weighted by Crippen LogP contribution is 1.95. The summed E-state index contributed by atoms with van der Waals surface area (Å²) >= 11 is 0. The number of nitro groups is 1. The van der Waals surface area contributed by atoms with Crippen molar-refractivity contribution >= 4 is 41.0 Å². The largest absolute Gasteiger partial charge is 0.624 e. The average Bonchev–Trinajstić information content (AvgIpc) is 3.28. The van der Waals surface area contributed by atoms with E-state index in [2.05, 4.69) is 142 Å². The van der Waals surface area contributed by atoms with E-state index in [1.54, 1.807) is 65.5 Å². The highest BCUT2D eigenvalue weighted by atomic mass is 16.6. The molecular weight excluding hydrogens is 933 g/mol. The lowest BCUT2D eigenvalue weighted by Crippen LogP contribution is -2.24. The standard InChI is InChI=1S/2C7H15N.C5H13N2.C5H12N2.2C4H9NO.2C3H10N3.C2H7N2O.C2H6N2O.C2H6NO.CH3NO2/c2*1-6(2)8(5)7(3)4;2*1-5(2)7(4)6-3;2*1-4(2)5(3)6;2*1-4-6(3)5-2;2*1-3-4(2)5;1-3(2)4;1-2(3)4/h2*1-5H3;6H,1-4H3;1-4H3;2*1-3H3;2*1-3H3,(H,4,5);1-2H3,(H,3,5);1-2H3;4H,1H2,2H3;1H3/q;;+1;;;;3*+1;;+1;. The van der Waals surface area contributed by atoms with E-state index in [1.165, 1.54) is 77.2 Å². The third-order valence-corrected chi connectivity index (χ3v) is 7.74. The molecule has 27 heteroatoms. The first-order chi connectivity index (χ1) is 32.4. The first-order valence-corrected chi connectivity index (χ1v) is 22.3. The van der Waals surface area contributed by atoms with Gasteiger partial charge in [0.15, 0.2) is 66.1 Å². The molecule has 0 spiro atoms. The lowest BCUT2D eigenvalue weighted by molar-refractivity contribution is -0.748. The van der Waals surface area contributed by atoms with Gasteiger partial charge in [0.05, 0.1) is 54.2 Å². The summed E-state index contributed by atoms with van der Waals surface area (Å²) in [4.78, 5) is 22.3. The van der Waals surface area contributed by atoms with Crippen molar-refractivity contribution < 1.29 is 62.2 Å². The number of hydroxylamine groups is 4. The Labute approximate surface area is 439 Å². The molecule has 0 radical (unpaired) electrons. The van der Waals surface area contributed by atoms with Gasteiger partial charge in [-0.25, -0.2) is 14.9 Å². The quantitative estimate of drug-likeness (QED) is 0.0335. The van der Waals surface area contributed by atoms with E-state index in [4.69, 9.17) is 15.3 Å². The molecule has 0 aliphatic rings. The van der Waals surface area contributed by atoms with Crippen LogP contribution in [0.25, 0.3) is 5.43 Å². The Bertz CT molecular complexity index is 1480. The molecule has 0 amide bonds. The van der Waals surface area contributed by atoms with Crippen molar-refractivity contribution in [3.05, 3.63) is 48.2 Å². The van der Waals surface area contributed by atoms with Crippen molar-refractivity contribution in [3.63, 3.8) is 0 Å². The minimum absolute atomic E-state index is 0.500. The number of azo groups is 3. The zero-order valence-electron chi connectivity index (χ0n) is 52.8. The van der Waals surface area contributed by atoms with Gasteiger partial charge < -0.3 is 30.2 Å². The van der Waals surface area contributed by atoms with E-state index in [-0.39, 0.29) is 0 Å². The Kier molecular flexibility index (Phi) is 90.8. The van der Waals surface area contributed by atoms with Crippen LogP contribution in [0, 0.1) is 42.7 Å². The molecule has 5 N–H and O–H groups in total. The molecule has 0 aromatic rings. The van der Waals surface area contributed by atoms with Crippen LogP contribution in [0.15, 0.2) is 15.3 Å². The zero-order valence-corrected chi connectivity index (χ0v) is 52.8. The Balaban J connectivity index is -0.0000000548. The smallest absolute Gasteiger partial charge is 0.215 e. The van der Waals surface area contributed by atoms with E-state index in [0.29, 0.717) is 9.73 Å². The van der Waals surface area contributed by atoms with Crippen LogP contribution in [0.3, 0.4) is 0 Å². The molecule has 432 valence electrons. The minimum atomic E-state index is -0.500. The van der Waals surface area contributed by atoms with Gasteiger partial charge in [-0.15, -0.1) is 9.55 Å². The van der Waals surface area contributed by atoms with Crippen LogP contribution in [0.4, 0.5) is 0 Å². The zero-order chi connectivity index (χ0) is 61.2. The maximum absolute atomic E-state index is 10.0. The van der Waals surface area contributed by atoms with E-state index in [1.807, 2.05) is 72.6 Å². The molecule has 0 unspecified atom stereocenters. The summed E-state index contributed by atoms with van der Waals surface area (Å²) in [6.07, 6.45) is 0. The van der Waals surface area contributed by atoms with Gasteiger partial charge in [0.25, 0.3) is 0 Å². The van der Waals surface area contributed by atoms with Gasteiger partial charge in [-0.2, -0.15) is 16.3 Å². The summed E-state index contributed by atoms with van der Waals surface area (Å²) in [5.74, 6) is 0. The van der Waals surface area contributed by atoms with E-state index in [9.17, 15) is 20.5 Å². The van der Waals surface area contributed by atoms with Gasteiger partial charge in [-0.05, 0) is 29.7 Å². The minimum Gasteiger partial charge on any atom is -0.624 e. The van der Waals surface area contributed by atoms with Gasteiger partial charge >= 0.3 is 0 Å². The lowest BCUT2D eigenvalue weighted by Gasteiger charge is -2.11. The second-order valence-corrected chi connectivity index (χ2v) is 15.6. The van der Waals surface area contributed by atoms with Crippen LogP contribution in [0.1, 0.15) is 111 Å². The van der Waals surface area contributed by atoms with Crippen molar-refractivity contribution in [2.45, 2.75) is 111 Å². The fourth-order valence-corrected chi connectivity index (χ4v) is 1.52.